The third kappa shape index (κ3) is 16.0. The molecule has 0 aliphatic carbocycles. The van der Waals surface area contributed by atoms with Crippen LogP contribution in [0.5, 0.6) is 0 Å². The maximum absolute atomic E-state index is 4.07. The molecular formula is C6H15NNb-2. The Bertz CT molecular complexity index is 54.0. The van der Waals surface area contributed by atoms with Gasteiger partial charge in [0.2, 0.25) is 0 Å². The van der Waals surface area contributed by atoms with Crippen LogP contribution in [0.1, 0.15) is 20.8 Å². The Kier molecular flexibility index (Phi) is 11.2. The van der Waals surface area contributed by atoms with Gasteiger partial charge in [-0.3, -0.25) is 0 Å². The Morgan fingerprint density at radius 2 is 1.25 bits per heavy atom. The first-order valence-electron chi connectivity index (χ1n) is 1.92. The van der Waals surface area contributed by atoms with E-state index in [0.29, 0.717) is 0 Å². The van der Waals surface area contributed by atoms with E-state index in [9.17, 15) is 0 Å². The maximum atomic E-state index is 4.07. The van der Waals surface area contributed by atoms with Crippen LogP contribution in [0.3, 0.4) is 0 Å². The molecule has 0 unspecified atom stereocenters. The van der Waals surface area contributed by atoms with Gasteiger partial charge in [-0.15, -0.1) is 0 Å². The van der Waals surface area contributed by atoms with E-state index in [1.54, 1.807) is 0 Å². The third-order valence-corrected chi connectivity index (χ3v) is 1.77. The maximum Gasteiger partial charge on any atom is -0.358 e. The van der Waals surface area contributed by atoms with Crippen molar-refractivity contribution in [2.24, 2.45) is 3.34 Å². The molecule has 51 valence electrons. The molecule has 2 heteroatoms. The summed E-state index contributed by atoms with van der Waals surface area (Å²) in [4.78, 5) is 0. The zero-order valence-corrected chi connectivity index (χ0v) is 8.59. The molecule has 0 spiro atoms. The summed E-state index contributed by atoms with van der Waals surface area (Å²) in [6, 6.07) is 0. The summed E-state index contributed by atoms with van der Waals surface area (Å²) in [5, 5.41) is 0. The minimum Gasteiger partial charge on any atom is -0.358 e. The zero-order chi connectivity index (χ0) is 5.21. The molecule has 0 amide bonds. The minimum absolute atomic E-state index is 0. The van der Waals surface area contributed by atoms with Crippen LogP contribution >= 0.6 is 0 Å². The van der Waals surface area contributed by atoms with E-state index in [1.807, 2.05) is 0 Å². The van der Waals surface area contributed by atoms with Crippen molar-refractivity contribution in [1.29, 1.82) is 0 Å². The first-order chi connectivity index (χ1) is 2.56. The van der Waals surface area contributed by atoms with E-state index in [1.165, 1.54) is 20.9 Å². The standard InChI is InChI=1S/C4H9N.2CH3.Nb/c1-4(2,3)5;;;/h1-3H3;2*1H3;/q;2*-1;. The first kappa shape index (κ1) is 15.8. The van der Waals surface area contributed by atoms with Crippen LogP contribution in [0.15, 0.2) is 3.34 Å². The molecule has 1 nitrogen and oxygen atoms in total. The van der Waals surface area contributed by atoms with Crippen LogP contribution in [-0.4, -0.2) is 5.54 Å². The summed E-state index contributed by atoms with van der Waals surface area (Å²) in [7, 11) is 0. The van der Waals surface area contributed by atoms with Crippen molar-refractivity contribution in [2.45, 2.75) is 26.3 Å². The van der Waals surface area contributed by atoms with E-state index in [2.05, 4.69) is 24.1 Å². The summed E-state index contributed by atoms with van der Waals surface area (Å²) in [6.45, 7) is 6.27. The molecule has 8 heavy (non-hydrogen) atoms. The summed E-state index contributed by atoms with van der Waals surface area (Å²) in [5.41, 5.74) is 0.189. The van der Waals surface area contributed by atoms with Gasteiger partial charge in [-0.05, 0) is 0 Å². The second-order valence-electron chi connectivity index (χ2n) is 2.27. The van der Waals surface area contributed by atoms with Gasteiger partial charge in [-0.25, -0.2) is 0 Å². The first-order valence-corrected chi connectivity index (χ1v) is 2.91. The van der Waals surface area contributed by atoms with E-state index >= 15 is 0 Å². The predicted octanol–water partition coefficient (Wildman–Crippen LogP) is 2.42. The molecule has 0 aliphatic rings. The topological polar surface area (TPSA) is 12.4 Å². The van der Waals surface area contributed by atoms with Gasteiger partial charge in [-0.2, -0.15) is 0 Å². The van der Waals surface area contributed by atoms with Gasteiger partial charge in [0.05, 0.1) is 0 Å². The number of nitrogens with zero attached hydrogens (tertiary/aromatic N) is 1. The molecule has 0 rings (SSSR count). The Balaban J connectivity index is -0.000000125. The fraction of sp³-hybridized carbons (Fsp3) is 0.667. The summed E-state index contributed by atoms with van der Waals surface area (Å²) in [5.74, 6) is 0. The summed E-state index contributed by atoms with van der Waals surface area (Å²) >= 11 is 1.52. The van der Waals surface area contributed by atoms with Crippen molar-refractivity contribution in [1.82, 2.24) is 0 Å². The smallest absolute Gasteiger partial charge is 0.358 e. The molecule has 0 fully saturated rings. The Morgan fingerprint density at radius 1 is 1.12 bits per heavy atom. The third-order valence-electron chi connectivity index (χ3n) is 0.300. The fourth-order valence-corrected chi connectivity index (χ4v) is 0. The minimum atomic E-state index is 0. The van der Waals surface area contributed by atoms with Crippen LogP contribution in [0.4, 0.5) is 0 Å². The normalized spacial score (nSPS) is 8.25. The zero-order valence-electron chi connectivity index (χ0n) is 6.39. The van der Waals surface area contributed by atoms with Gasteiger partial charge >= 0.3 is 50.5 Å². The van der Waals surface area contributed by atoms with Gasteiger partial charge in [0.1, 0.15) is 0 Å². The van der Waals surface area contributed by atoms with Crippen molar-refractivity contribution < 1.29 is 20.9 Å². The average Bonchev–Trinajstić information content (AvgIpc) is 1.35. The van der Waals surface area contributed by atoms with E-state index in [-0.39, 0.29) is 20.4 Å². The number of hydrogen-bond acceptors (Lipinski definition) is 1. The predicted molar refractivity (Wildman–Crippen MR) is 35.0 cm³/mol. The molecule has 0 aromatic carbocycles. The monoisotopic (exact) mass is 194 g/mol. The van der Waals surface area contributed by atoms with Gasteiger partial charge in [0.15, 0.2) is 0 Å². The molecule has 0 aliphatic heterocycles. The van der Waals surface area contributed by atoms with Gasteiger partial charge in [-0.1, -0.05) is 0 Å². The molecule has 0 aromatic heterocycles. The van der Waals surface area contributed by atoms with Crippen LogP contribution < -0.4 is 0 Å². The van der Waals surface area contributed by atoms with E-state index in [0.717, 1.165) is 0 Å². The summed E-state index contributed by atoms with van der Waals surface area (Å²) in [6.07, 6.45) is 0. The van der Waals surface area contributed by atoms with Crippen LogP contribution in [0.2, 0.25) is 0 Å². The average molecular weight is 194 g/mol. The SMILES string of the molecule is CC(C)(C)[N]=[Nb].[CH3-].[CH3-]. The van der Waals surface area contributed by atoms with Crippen molar-refractivity contribution in [3.8, 4) is 0 Å². The molecule has 0 radical (unpaired) electrons. The van der Waals surface area contributed by atoms with E-state index in [4.69, 9.17) is 0 Å². The molecule has 0 aromatic rings. The molecule has 0 bridgehead atoms. The molecule has 0 N–H and O–H groups in total. The molecule has 0 atom stereocenters. The largest absolute Gasteiger partial charge is 0.358 e. The van der Waals surface area contributed by atoms with Crippen LogP contribution in [0.25, 0.3) is 0 Å². The molecular weight excluding hydrogens is 179 g/mol. The van der Waals surface area contributed by atoms with Gasteiger partial charge in [0.25, 0.3) is 0 Å². The second-order valence-corrected chi connectivity index (χ2v) is 2.76. The Hall–Kier alpha value is 0.540. The van der Waals surface area contributed by atoms with Crippen LogP contribution in [0, 0.1) is 14.9 Å². The Labute approximate surface area is 65.7 Å². The molecule has 0 saturated carbocycles. The van der Waals surface area contributed by atoms with Crippen molar-refractivity contribution in [3.63, 3.8) is 0 Å². The Morgan fingerprint density at radius 3 is 1.25 bits per heavy atom. The quantitative estimate of drug-likeness (QED) is 0.414. The number of rotatable bonds is 0. The van der Waals surface area contributed by atoms with Gasteiger partial charge in [0, 0.05) is 0 Å². The van der Waals surface area contributed by atoms with Gasteiger partial charge < -0.3 is 14.9 Å². The van der Waals surface area contributed by atoms with Crippen molar-refractivity contribution in [2.75, 3.05) is 0 Å². The van der Waals surface area contributed by atoms with Crippen molar-refractivity contribution >= 4 is 0 Å². The van der Waals surface area contributed by atoms with Crippen molar-refractivity contribution in [3.05, 3.63) is 14.9 Å². The molecule has 0 heterocycles. The fourth-order valence-electron chi connectivity index (χ4n) is 0. The summed E-state index contributed by atoms with van der Waals surface area (Å²) < 4.78 is 4.07. The molecule has 0 saturated heterocycles. The second kappa shape index (κ2) is 5.67. The van der Waals surface area contributed by atoms with Crippen LogP contribution in [-0.2, 0) is 20.9 Å². The number of hydrogen-bond donors (Lipinski definition) is 0. The van der Waals surface area contributed by atoms with E-state index < -0.39 is 0 Å².